The second-order valence-electron chi connectivity index (χ2n) is 3.62. The summed E-state index contributed by atoms with van der Waals surface area (Å²) in [5.41, 5.74) is 12.4. The van der Waals surface area contributed by atoms with Gasteiger partial charge in [-0.3, -0.25) is 4.99 Å². The maximum absolute atomic E-state index is 5.25. The van der Waals surface area contributed by atoms with E-state index in [1.807, 2.05) is 18.2 Å². The minimum Gasteiger partial charge on any atom is -0.497 e. The molecule has 0 fully saturated rings. The summed E-state index contributed by atoms with van der Waals surface area (Å²) < 4.78 is 5.14. The molecule has 0 aliphatic carbocycles. The predicted molar refractivity (Wildman–Crippen MR) is 67.0 cm³/mol. The number of nitrogens with one attached hydrogen (secondary N) is 1. The van der Waals surface area contributed by atoms with Crippen molar-refractivity contribution in [2.24, 2.45) is 16.5 Å². The zero-order valence-corrected chi connectivity index (χ0v) is 9.60. The molecule has 6 nitrogen and oxygen atoms in total. The van der Waals surface area contributed by atoms with Crippen molar-refractivity contribution in [3.05, 3.63) is 24.0 Å². The first-order valence-electron chi connectivity index (χ1n) is 5.27. The van der Waals surface area contributed by atoms with E-state index in [1.165, 1.54) is 0 Å². The summed E-state index contributed by atoms with van der Waals surface area (Å²) in [6.45, 7) is 0.527. The highest BCUT2D eigenvalue weighted by molar-refractivity contribution is 5.77. The zero-order valence-electron chi connectivity index (χ0n) is 9.60. The minimum atomic E-state index is 0.0998. The zero-order chi connectivity index (χ0) is 12.3. The first kappa shape index (κ1) is 11.3. The molecule has 0 aliphatic heterocycles. The van der Waals surface area contributed by atoms with Gasteiger partial charge in [0.1, 0.15) is 11.6 Å². The lowest BCUT2D eigenvalue weighted by atomic mass is 10.3. The Morgan fingerprint density at radius 1 is 1.47 bits per heavy atom. The van der Waals surface area contributed by atoms with E-state index in [4.69, 9.17) is 16.2 Å². The number of aromatic amines is 1. The number of H-pyrrole nitrogens is 1. The maximum atomic E-state index is 5.25. The largest absolute Gasteiger partial charge is 0.497 e. The molecule has 0 radical (unpaired) electrons. The van der Waals surface area contributed by atoms with Crippen LogP contribution in [0.5, 0.6) is 5.75 Å². The number of rotatable bonds is 4. The molecule has 2 aromatic rings. The fourth-order valence-corrected chi connectivity index (χ4v) is 1.58. The van der Waals surface area contributed by atoms with Gasteiger partial charge in [-0.2, -0.15) is 0 Å². The van der Waals surface area contributed by atoms with Gasteiger partial charge in [0.15, 0.2) is 5.96 Å². The van der Waals surface area contributed by atoms with Crippen LogP contribution in [0.2, 0.25) is 0 Å². The molecule has 5 N–H and O–H groups in total. The molecular formula is C11H15N5O. The minimum absolute atomic E-state index is 0.0998. The van der Waals surface area contributed by atoms with Crippen molar-refractivity contribution in [3.8, 4) is 5.75 Å². The molecule has 1 aromatic carbocycles. The molecule has 0 saturated heterocycles. The van der Waals surface area contributed by atoms with Crippen molar-refractivity contribution in [2.45, 2.75) is 6.42 Å². The van der Waals surface area contributed by atoms with Crippen molar-refractivity contribution < 1.29 is 4.74 Å². The molecule has 0 atom stereocenters. The third kappa shape index (κ3) is 2.66. The topological polar surface area (TPSA) is 102 Å². The van der Waals surface area contributed by atoms with Crippen molar-refractivity contribution in [1.82, 2.24) is 9.97 Å². The van der Waals surface area contributed by atoms with Crippen LogP contribution in [0.15, 0.2) is 23.2 Å². The number of imidazole rings is 1. The van der Waals surface area contributed by atoms with Crippen LogP contribution >= 0.6 is 0 Å². The normalized spacial score (nSPS) is 10.4. The summed E-state index contributed by atoms with van der Waals surface area (Å²) in [4.78, 5) is 11.5. The van der Waals surface area contributed by atoms with Gasteiger partial charge in [0.2, 0.25) is 0 Å². The Balaban J connectivity index is 2.17. The van der Waals surface area contributed by atoms with Crippen molar-refractivity contribution in [2.75, 3.05) is 13.7 Å². The van der Waals surface area contributed by atoms with Gasteiger partial charge in [0.25, 0.3) is 0 Å². The number of hydrogen-bond acceptors (Lipinski definition) is 3. The molecule has 1 aromatic heterocycles. The summed E-state index contributed by atoms with van der Waals surface area (Å²) in [7, 11) is 1.64. The molecular weight excluding hydrogens is 218 g/mol. The number of ether oxygens (including phenoxy) is 1. The average Bonchev–Trinajstić information content (AvgIpc) is 2.69. The van der Waals surface area contributed by atoms with Gasteiger partial charge in [0.05, 0.1) is 18.1 Å². The molecule has 90 valence electrons. The molecule has 0 amide bonds. The summed E-state index contributed by atoms with van der Waals surface area (Å²) in [6.07, 6.45) is 0.675. The van der Waals surface area contributed by atoms with Crippen LogP contribution in [0.4, 0.5) is 0 Å². The lowest BCUT2D eigenvalue weighted by molar-refractivity contribution is 0.415. The number of benzene rings is 1. The fourth-order valence-electron chi connectivity index (χ4n) is 1.58. The van der Waals surface area contributed by atoms with Crippen molar-refractivity contribution in [3.63, 3.8) is 0 Å². The molecule has 0 saturated carbocycles. The number of methoxy groups -OCH3 is 1. The van der Waals surface area contributed by atoms with Gasteiger partial charge in [-0.25, -0.2) is 4.98 Å². The Morgan fingerprint density at radius 3 is 3.00 bits per heavy atom. The first-order chi connectivity index (χ1) is 8.19. The van der Waals surface area contributed by atoms with Gasteiger partial charge in [-0.15, -0.1) is 0 Å². The summed E-state index contributed by atoms with van der Waals surface area (Å²) in [6, 6.07) is 5.70. The monoisotopic (exact) mass is 233 g/mol. The Bertz CT molecular complexity index is 542. The van der Waals surface area contributed by atoms with Crippen LogP contribution < -0.4 is 16.2 Å². The maximum Gasteiger partial charge on any atom is 0.185 e. The second kappa shape index (κ2) is 4.73. The van der Waals surface area contributed by atoms with E-state index in [1.54, 1.807) is 7.11 Å². The molecule has 0 aliphatic rings. The number of aliphatic imine (C=N–C) groups is 1. The highest BCUT2D eigenvalue weighted by Crippen LogP contribution is 2.18. The Labute approximate surface area is 98.7 Å². The van der Waals surface area contributed by atoms with Crippen LogP contribution in [-0.4, -0.2) is 29.6 Å². The van der Waals surface area contributed by atoms with E-state index in [2.05, 4.69) is 15.0 Å². The lowest BCUT2D eigenvalue weighted by Gasteiger charge is -1.96. The molecule has 1 heterocycles. The van der Waals surface area contributed by atoms with Crippen LogP contribution in [0.3, 0.4) is 0 Å². The summed E-state index contributed by atoms with van der Waals surface area (Å²) >= 11 is 0. The average molecular weight is 233 g/mol. The van der Waals surface area contributed by atoms with E-state index in [0.717, 1.165) is 22.6 Å². The standard InChI is InChI=1S/C11H15N5O/c1-17-7-2-3-8-9(6-7)16-10(15-8)4-5-14-11(12)13/h2-3,6H,4-5H2,1H3,(H,15,16)(H4,12,13,14). The number of guanidine groups is 1. The van der Waals surface area contributed by atoms with Gasteiger partial charge in [-0.1, -0.05) is 0 Å². The SMILES string of the molecule is COc1ccc2nc(CCN=C(N)N)[nH]c2c1. The predicted octanol–water partition coefficient (Wildman–Crippen LogP) is 0.387. The van der Waals surface area contributed by atoms with Gasteiger partial charge in [0, 0.05) is 19.0 Å². The van der Waals surface area contributed by atoms with Crippen molar-refractivity contribution >= 4 is 17.0 Å². The molecule has 0 spiro atoms. The Kier molecular flexibility index (Phi) is 3.13. The molecule has 6 heteroatoms. The molecule has 0 unspecified atom stereocenters. The molecule has 0 bridgehead atoms. The van der Waals surface area contributed by atoms with Gasteiger partial charge in [-0.05, 0) is 12.1 Å². The van der Waals surface area contributed by atoms with E-state index < -0.39 is 0 Å². The van der Waals surface area contributed by atoms with E-state index in [-0.39, 0.29) is 5.96 Å². The quantitative estimate of drug-likeness (QED) is 0.525. The van der Waals surface area contributed by atoms with Crippen molar-refractivity contribution in [1.29, 1.82) is 0 Å². The van der Waals surface area contributed by atoms with Crippen LogP contribution in [0, 0.1) is 0 Å². The Morgan fingerprint density at radius 2 is 2.29 bits per heavy atom. The third-order valence-corrected chi connectivity index (χ3v) is 2.38. The number of nitrogens with zero attached hydrogens (tertiary/aromatic N) is 2. The third-order valence-electron chi connectivity index (χ3n) is 2.38. The van der Waals surface area contributed by atoms with E-state index in [9.17, 15) is 0 Å². The number of nitrogens with two attached hydrogens (primary N) is 2. The molecule has 17 heavy (non-hydrogen) atoms. The highest BCUT2D eigenvalue weighted by atomic mass is 16.5. The number of aromatic nitrogens is 2. The second-order valence-corrected chi connectivity index (χ2v) is 3.62. The van der Waals surface area contributed by atoms with Gasteiger partial charge >= 0.3 is 0 Å². The highest BCUT2D eigenvalue weighted by Gasteiger charge is 2.03. The fraction of sp³-hybridized carbons (Fsp3) is 0.273. The van der Waals surface area contributed by atoms with Crippen LogP contribution in [0.25, 0.3) is 11.0 Å². The molecule has 2 rings (SSSR count). The van der Waals surface area contributed by atoms with Crippen LogP contribution in [0.1, 0.15) is 5.82 Å². The van der Waals surface area contributed by atoms with Gasteiger partial charge < -0.3 is 21.2 Å². The summed E-state index contributed by atoms with van der Waals surface area (Å²) in [5, 5.41) is 0. The summed E-state index contributed by atoms with van der Waals surface area (Å²) in [5.74, 6) is 1.76. The van der Waals surface area contributed by atoms with Crippen LogP contribution in [-0.2, 0) is 6.42 Å². The smallest absolute Gasteiger partial charge is 0.185 e. The number of hydrogen-bond donors (Lipinski definition) is 3. The lowest BCUT2D eigenvalue weighted by Crippen LogP contribution is -2.23. The first-order valence-corrected chi connectivity index (χ1v) is 5.27. The van der Waals surface area contributed by atoms with E-state index >= 15 is 0 Å². The number of fused-ring (bicyclic) bond motifs is 1. The Hall–Kier alpha value is -2.24. The van der Waals surface area contributed by atoms with E-state index in [0.29, 0.717) is 13.0 Å².